The lowest BCUT2D eigenvalue weighted by Crippen LogP contribution is -2.03. The number of hydrogen-bond donors (Lipinski definition) is 3. The molecule has 0 spiro atoms. The van der Waals surface area contributed by atoms with Crippen molar-refractivity contribution in [3.8, 4) is 5.75 Å². The molecule has 0 aliphatic rings. The van der Waals surface area contributed by atoms with Crippen molar-refractivity contribution in [1.82, 2.24) is 0 Å². The molecule has 0 heterocycles. The zero-order valence-corrected chi connectivity index (χ0v) is 26.5. The molecule has 0 saturated carbocycles. The molecule has 0 bridgehead atoms. The Morgan fingerprint density at radius 2 is 1.28 bits per heavy atom. The number of fused-ring (bicyclic) bond motifs is 2. The van der Waals surface area contributed by atoms with E-state index in [1.165, 1.54) is 49.6 Å². The fourth-order valence-electron chi connectivity index (χ4n) is 4.67. The fourth-order valence-corrected chi connectivity index (χ4v) is 6.60. The first-order valence-electron chi connectivity index (χ1n) is 12.9. The molecule has 19 heteroatoms. The van der Waals surface area contributed by atoms with E-state index in [-0.39, 0.29) is 44.7 Å². The van der Waals surface area contributed by atoms with Crippen molar-refractivity contribution in [1.29, 1.82) is 5.39 Å². The maximum absolute atomic E-state index is 12.2. The van der Waals surface area contributed by atoms with Crippen LogP contribution in [0.1, 0.15) is 5.56 Å². The molecule has 0 saturated heterocycles. The number of methoxy groups -OCH3 is 1. The Kier molecular flexibility index (Phi) is 8.59. The first kappa shape index (κ1) is 33.1. The molecular formula is C28H21N6O10S3+. The molecule has 0 aromatic heterocycles. The molecule has 47 heavy (non-hydrogen) atoms. The van der Waals surface area contributed by atoms with Gasteiger partial charge in [-0.3, -0.25) is 13.7 Å². The van der Waals surface area contributed by atoms with E-state index in [0.29, 0.717) is 16.6 Å². The van der Waals surface area contributed by atoms with Crippen LogP contribution in [-0.4, -0.2) is 46.0 Å². The largest absolute Gasteiger partial charge is 0.489 e. The number of nitrogens with zero attached hydrogens (tertiary/aromatic N) is 6. The lowest BCUT2D eigenvalue weighted by atomic mass is 10.1. The van der Waals surface area contributed by atoms with E-state index in [1.807, 2.05) is 0 Å². The van der Waals surface area contributed by atoms with Gasteiger partial charge < -0.3 is 4.74 Å². The molecule has 0 aliphatic carbocycles. The highest BCUT2D eigenvalue weighted by Gasteiger charge is 2.22. The maximum Gasteiger partial charge on any atom is 0.426 e. The molecule has 0 fully saturated rings. The summed E-state index contributed by atoms with van der Waals surface area (Å²) in [6.45, 7) is 1.70. The minimum absolute atomic E-state index is 0.00720. The second-order valence-corrected chi connectivity index (χ2v) is 14.0. The Hall–Kier alpha value is -5.23. The van der Waals surface area contributed by atoms with Crippen molar-refractivity contribution < 1.29 is 43.6 Å². The molecule has 0 amide bonds. The van der Waals surface area contributed by atoms with Gasteiger partial charge in [-0.25, -0.2) is 0 Å². The summed E-state index contributed by atoms with van der Waals surface area (Å²) in [7, 11) is -13.1. The molecule has 5 aromatic carbocycles. The Morgan fingerprint density at radius 1 is 0.638 bits per heavy atom. The number of rotatable bonds is 8. The van der Waals surface area contributed by atoms with E-state index in [9.17, 15) is 44.3 Å². The van der Waals surface area contributed by atoms with Gasteiger partial charge in [-0.1, -0.05) is 18.2 Å². The molecule has 5 aromatic rings. The predicted octanol–water partition coefficient (Wildman–Crippen LogP) is 7.37. The second-order valence-electron chi connectivity index (χ2n) is 9.84. The van der Waals surface area contributed by atoms with Crippen LogP contribution < -0.4 is 4.74 Å². The number of aryl methyl sites for hydroxylation is 1. The first-order chi connectivity index (χ1) is 22.0. The summed E-state index contributed by atoms with van der Waals surface area (Å²) in [4.78, 5) is 1.31. The zero-order valence-electron chi connectivity index (χ0n) is 24.0. The van der Waals surface area contributed by atoms with E-state index in [0.717, 1.165) is 30.3 Å². The summed E-state index contributed by atoms with van der Waals surface area (Å²) >= 11 is 0. The summed E-state index contributed by atoms with van der Waals surface area (Å²) in [6, 6.07) is 14.9. The molecular weight excluding hydrogens is 677 g/mol. The summed E-state index contributed by atoms with van der Waals surface area (Å²) in [6.07, 6.45) is 0. The van der Waals surface area contributed by atoms with Gasteiger partial charge in [0.15, 0.2) is 4.98 Å². The van der Waals surface area contributed by atoms with Crippen molar-refractivity contribution >= 4 is 80.3 Å². The van der Waals surface area contributed by atoms with Gasteiger partial charge in [0, 0.05) is 33.7 Å². The van der Waals surface area contributed by atoms with Crippen molar-refractivity contribution in [2.24, 2.45) is 20.5 Å². The van der Waals surface area contributed by atoms with Gasteiger partial charge in [-0.05, 0) is 55.0 Å². The Bertz CT molecular complexity index is 2560. The average molecular weight is 698 g/mol. The average Bonchev–Trinajstić information content (AvgIpc) is 3.00. The standard InChI is InChI=1S/C28H20N6O10S3/c1-15-10-25(30-29)26(44-2)14-24(15)34-33-22-8-9-23(20-13-17(45(35,36)37)6-7-18(20)22)32-31-16-11-21-19(28(12-16)47(41,42)43)4-3-5-27(21)46(38,39)40/h3-14H,1-2H3,(H2-,35,36,37,38,39,40,41,42,43)/p+1. The van der Waals surface area contributed by atoms with E-state index >= 15 is 0 Å². The number of benzene rings is 5. The van der Waals surface area contributed by atoms with E-state index in [1.54, 1.807) is 6.92 Å². The van der Waals surface area contributed by atoms with Crippen molar-refractivity contribution in [3.63, 3.8) is 0 Å². The molecule has 0 atom stereocenters. The molecule has 16 nitrogen and oxygen atoms in total. The lowest BCUT2D eigenvalue weighted by molar-refractivity contribution is 0.417. The highest BCUT2D eigenvalue weighted by Crippen LogP contribution is 2.40. The predicted molar refractivity (Wildman–Crippen MR) is 168 cm³/mol. The van der Waals surface area contributed by atoms with Crippen molar-refractivity contribution in [2.45, 2.75) is 21.6 Å². The van der Waals surface area contributed by atoms with Gasteiger partial charge >= 0.3 is 5.69 Å². The van der Waals surface area contributed by atoms with E-state index in [4.69, 9.17) is 4.74 Å². The van der Waals surface area contributed by atoms with Crippen LogP contribution in [0.15, 0.2) is 108 Å². The van der Waals surface area contributed by atoms with Crippen LogP contribution in [0.2, 0.25) is 0 Å². The summed E-state index contributed by atoms with van der Waals surface area (Å²) in [5, 5.41) is 25.7. The van der Waals surface area contributed by atoms with Gasteiger partial charge in [0.1, 0.15) is 9.79 Å². The minimum Gasteiger partial charge on any atom is -0.489 e. The topological polar surface area (TPSA) is 250 Å². The molecule has 0 aliphatic heterocycles. The van der Waals surface area contributed by atoms with Crippen LogP contribution >= 0.6 is 0 Å². The minimum atomic E-state index is -4.92. The second kappa shape index (κ2) is 12.2. The smallest absolute Gasteiger partial charge is 0.426 e. The highest BCUT2D eigenvalue weighted by molar-refractivity contribution is 7.86. The van der Waals surface area contributed by atoms with Crippen LogP contribution in [0.4, 0.5) is 28.4 Å². The molecule has 240 valence electrons. The third-order valence-corrected chi connectivity index (χ3v) is 9.50. The molecule has 5 rings (SSSR count). The summed E-state index contributed by atoms with van der Waals surface area (Å²) in [5.41, 5.74) is 1.09. The number of ether oxygens (including phenoxy) is 1. The quantitative estimate of drug-likeness (QED) is 0.0820. The van der Waals surface area contributed by atoms with Gasteiger partial charge in [0.05, 0.1) is 34.8 Å². The molecule has 3 N–H and O–H groups in total. The fraction of sp³-hybridized carbons (Fsp3) is 0.0714. The summed E-state index contributed by atoms with van der Waals surface area (Å²) in [5.74, 6) is 0.222. The SMILES string of the molecule is COc1cc(N=Nc2ccc(N=Nc3cc(S(=O)(=O)O)c4cccc(S(=O)(=O)O)c4c3)c3cc(S(=O)(=O)O)ccc23)c(C)cc1[N+]#N. The maximum atomic E-state index is 12.2. The van der Waals surface area contributed by atoms with E-state index in [2.05, 4.69) is 25.4 Å². The molecule has 0 radical (unpaired) electrons. The Labute approximate surface area is 266 Å². The number of hydrogen-bond acceptors (Lipinski definition) is 12. The normalized spacial score (nSPS) is 12.7. The van der Waals surface area contributed by atoms with Gasteiger partial charge in [0.25, 0.3) is 30.4 Å². The van der Waals surface area contributed by atoms with Crippen LogP contribution in [0.5, 0.6) is 5.75 Å². The Morgan fingerprint density at radius 3 is 1.89 bits per heavy atom. The monoisotopic (exact) mass is 697 g/mol. The van der Waals surface area contributed by atoms with Gasteiger partial charge in [0.2, 0.25) is 11.1 Å². The number of diazo groups is 1. The van der Waals surface area contributed by atoms with Gasteiger partial charge in [-0.2, -0.15) is 35.5 Å². The Balaban J connectivity index is 1.68. The van der Waals surface area contributed by atoms with Crippen LogP contribution in [0.25, 0.3) is 26.5 Å². The first-order valence-corrected chi connectivity index (χ1v) is 17.3. The number of azo groups is 2. The lowest BCUT2D eigenvalue weighted by Gasteiger charge is -2.09. The van der Waals surface area contributed by atoms with Crippen LogP contribution in [0.3, 0.4) is 0 Å². The summed E-state index contributed by atoms with van der Waals surface area (Å²) < 4.78 is 107. The van der Waals surface area contributed by atoms with Gasteiger partial charge in [-0.15, -0.1) is 10.2 Å². The molecule has 0 unspecified atom stereocenters. The van der Waals surface area contributed by atoms with Crippen molar-refractivity contribution in [3.05, 3.63) is 83.3 Å². The zero-order chi connectivity index (χ0) is 34.3. The van der Waals surface area contributed by atoms with E-state index < -0.39 is 45.0 Å². The third-order valence-electron chi connectivity index (χ3n) is 6.84. The van der Waals surface area contributed by atoms with Crippen molar-refractivity contribution in [2.75, 3.05) is 7.11 Å². The van der Waals surface area contributed by atoms with Crippen LogP contribution in [0, 0.1) is 12.3 Å². The highest BCUT2D eigenvalue weighted by atomic mass is 32.2. The third kappa shape index (κ3) is 6.82. The van der Waals surface area contributed by atoms with Crippen LogP contribution in [-0.2, 0) is 30.4 Å².